The first-order chi connectivity index (χ1) is 13.6. The number of hydrogen-bond donors (Lipinski definition) is 2. The summed E-state index contributed by atoms with van der Waals surface area (Å²) in [6.45, 7) is 7.24. The van der Waals surface area contributed by atoms with Crippen molar-refractivity contribution in [2.75, 3.05) is 10.5 Å². The van der Waals surface area contributed by atoms with Gasteiger partial charge in [0.15, 0.2) is 5.82 Å². The lowest BCUT2D eigenvalue weighted by atomic mass is 10.0. The van der Waals surface area contributed by atoms with Crippen molar-refractivity contribution in [3.8, 4) is 0 Å². The number of aromatic nitrogens is 2. The van der Waals surface area contributed by atoms with Crippen LogP contribution >= 0.6 is 0 Å². The quantitative estimate of drug-likeness (QED) is 0.560. The molecule has 0 amide bonds. The molecule has 0 unspecified atom stereocenters. The first-order valence-corrected chi connectivity index (χ1v) is 10.5. The van der Waals surface area contributed by atoms with Crippen LogP contribution in [0.5, 0.6) is 0 Å². The number of fused-ring (bicyclic) bond motifs is 1. The number of rotatable bonds is 7. The minimum atomic E-state index is -3.82. The Morgan fingerprint density at radius 1 is 1.31 bits per heavy atom. The number of allylic oxidation sites excluding steroid dienone is 1. The summed E-state index contributed by atoms with van der Waals surface area (Å²) in [7, 11) is -3.82. The fourth-order valence-electron chi connectivity index (χ4n) is 2.89. The van der Waals surface area contributed by atoms with Crippen LogP contribution in [0, 0.1) is 11.6 Å². The van der Waals surface area contributed by atoms with Gasteiger partial charge in [-0.3, -0.25) is 9.52 Å². The second kappa shape index (κ2) is 7.75. The molecule has 0 saturated heterocycles. The van der Waals surface area contributed by atoms with Gasteiger partial charge < -0.3 is 4.98 Å². The molecule has 9 heteroatoms. The Labute approximate surface area is 166 Å². The van der Waals surface area contributed by atoms with E-state index in [9.17, 15) is 22.0 Å². The van der Waals surface area contributed by atoms with E-state index in [0.717, 1.165) is 12.1 Å². The van der Waals surface area contributed by atoms with Gasteiger partial charge in [0.2, 0.25) is 15.8 Å². The molecule has 0 aliphatic rings. The van der Waals surface area contributed by atoms with Crippen molar-refractivity contribution >= 4 is 38.1 Å². The third-order valence-electron chi connectivity index (χ3n) is 4.33. The summed E-state index contributed by atoms with van der Waals surface area (Å²) >= 11 is 0. The standard InChI is InChI=1S/C20H19F2N3O3S/c1-4-7-29(27,28)25-16-6-5-15(21)17(18(16)22)19(26)14-10-24-20-13(14)8-12(9-23-20)11(2)3/h5-6,8-10,25H,2,4,7H2,1,3H3,(H,23,24). The minimum absolute atomic E-state index is 0.0157. The third-order valence-corrected chi connectivity index (χ3v) is 5.80. The van der Waals surface area contributed by atoms with E-state index in [-0.39, 0.29) is 11.3 Å². The van der Waals surface area contributed by atoms with E-state index in [1.807, 2.05) is 0 Å². The molecule has 2 N–H and O–H groups in total. The zero-order valence-electron chi connectivity index (χ0n) is 15.8. The van der Waals surface area contributed by atoms with Crippen LogP contribution in [-0.2, 0) is 10.0 Å². The number of hydrogen-bond acceptors (Lipinski definition) is 4. The second-order valence-electron chi connectivity index (χ2n) is 6.64. The van der Waals surface area contributed by atoms with Crippen molar-refractivity contribution in [2.45, 2.75) is 20.3 Å². The molecule has 1 aromatic carbocycles. The van der Waals surface area contributed by atoms with Crippen LogP contribution in [0.25, 0.3) is 16.6 Å². The molecule has 6 nitrogen and oxygen atoms in total. The molecule has 0 aliphatic carbocycles. The maximum atomic E-state index is 14.9. The van der Waals surface area contributed by atoms with Gasteiger partial charge >= 0.3 is 0 Å². The van der Waals surface area contributed by atoms with Gasteiger partial charge in [-0.25, -0.2) is 22.2 Å². The fraction of sp³-hybridized carbons (Fsp3) is 0.200. The first-order valence-electron chi connectivity index (χ1n) is 8.80. The molecule has 0 aliphatic heterocycles. The van der Waals surface area contributed by atoms with E-state index in [2.05, 4.69) is 21.3 Å². The Hall–Kier alpha value is -3.07. The summed E-state index contributed by atoms with van der Waals surface area (Å²) in [6.07, 6.45) is 3.20. The summed E-state index contributed by atoms with van der Waals surface area (Å²) in [5.41, 5.74) is 0.449. The van der Waals surface area contributed by atoms with Crippen LogP contribution in [-0.4, -0.2) is 29.9 Å². The van der Waals surface area contributed by atoms with Crippen LogP contribution in [0.4, 0.5) is 14.5 Å². The molecule has 0 fully saturated rings. The van der Waals surface area contributed by atoms with E-state index >= 15 is 0 Å². The predicted octanol–water partition coefficient (Wildman–Crippen LogP) is 4.26. The van der Waals surface area contributed by atoms with Crippen LogP contribution in [0.2, 0.25) is 0 Å². The van der Waals surface area contributed by atoms with E-state index in [0.29, 0.717) is 28.6 Å². The Kier molecular flexibility index (Phi) is 5.52. The average Bonchev–Trinajstić information content (AvgIpc) is 3.07. The van der Waals surface area contributed by atoms with E-state index in [1.54, 1.807) is 26.1 Å². The van der Waals surface area contributed by atoms with E-state index in [1.165, 1.54) is 6.20 Å². The number of aromatic amines is 1. The van der Waals surface area contributed by atoms with Crippen molar-refractivity contribution in [3.63, 3.8) is 0 Å². The molecule has 2 heterocycles. The van der Waals surface area contributed by atoms with Gasteiger partial charge in [-0.2, -0.15) is 0 Å². The first kappa shape index (κ1) is 20.7. The predicted molar refractivity (Wildman–Crippen MR) is 108 cm³/mol. The highest BCUT2D eigenvalue weighted by Crippen LogP contribution is 2.28. The molecule has 3 aromatic rings. The summed E-state index contributed by atoms with van der Waals surface area (Å²) in [5.74, 6) is -3.52. The maximum Gasteiger partial charge on any atom is 0.232 e. The van der Waals surface area contributed by atoms with Crippen molar-refractivity contribution in [2.24, 2.45) is 0 Å². The number of benzene rings is 1. The van der Waals surface area contributed by atoms with E-state index < -0.39 is 38.7 Å². The largest absolute Gasteiger partial charge is 0.345 e. The number of sulfonamides is 1. The Morgan fingerprint density at radius 3 is 2.69 bits per heavy atom. The third kappa shape index (κ3) is 4.04. The molecule has 0 atom stereocenters. The second-order valence-corrected chi connectivity index (χ2v) is 8.48. The zero-order valence-corrected chi connectivity index (χ0v) is 16.7. The highest BCUT2D eigenvalue weighted by Gasteiger charge is 2.25. The molecule has 0 bridgehead atoms. The van der Waals surface area contributed by atoms with Crippen LogP contribution in [0.3, 0.4) is 0 Å². The lowest BCUT2D eigenvalue weighted by molar-refractivity contribution is 0.103. The van der Waals surface area contributed by atoms with Gasteiger partial charge in [-0.15, -0.1) is 0 Å². The van der Waals surface area contributed by atoms with Gasteiger partial charge in [0.05, 0.1) is 17.0 Å². The van der Waals surface area contributed by atoms with Gasteiger partial charge in [-0.1, -0.05) is 13.5 Å². The van der Waals surface area contributed by atoms with Gasteiger partial charge in [0, 0.05) is 23.3 Å². The summed E-state index contributed by atoms with van der Waals surface area (Å²) in [4.78, 5) is 19.9. The molecule has 0 radical (unpaired) electrons. The van der Waals surface area contributed by atoms with E-state index in [4.69, 9.17) is 0 Å². The highest BCUT2D eigenvalue weighted by atomic mass is 32.2. The molecule has 0 saturated carbocycles. The fourth-order valence-corrected chi connectivity index (χ4v) is 4.02. The number of pyridine rings is 1. The van der Waals surface area contributed by atoms with Crippen LogP contribution in [0.15, 0.2) is 37.2 Å². The number of ketones is 1. The zero-order chi connectivity index (χ0) is 21.3. The monoisotopic (exact) mass is 419 g/mol. The van der Waals surface area contributed by atoms with Crippen LogP contribution in [0.1, 0.15) is 41.8 Å². The molecular formula is C20H19F2N3O3S. The summed E-state index contributed by atoms with van der Waals surface area (Å²) < 4.78 is 55.3. The number of halogens is 2. The number of carbonyl (C=O) groups excluding carboxylic acids is 1. The lowest BCUT2D eigenvalue weighted by Gasteiger charge is -2.11. The maximum absolute atomic E-state index is 14.9. The van der Waals surface area contributed by atoms with Crippen molar-refractivity contribution in [1.82, 2.24) is 9.97 Å². The topological polar surface area (TPSA) is 91.9 Å². The molecule has 152 valence electrons. The number of nitrogens with zero attached hydrogens (tertiary/aromatic N) is 1. The molecular weight excluding hydrogens is 400 g/mol. The number of carbonyl (C=O) groups is 1. The van der Waals surface area contributed by atoms with Gasteiger partial charge in [-0.05, 0) is 42.7 Å². The lowest BCUT2D eigenvalue weighted by Crippen LogP contribution is -2.18. The van der Waals surface area contributed by atoms with Gasteiger partial charge in [0.25, 0.3) is 0 Å². The van der Waals surface area contributed by atoms with Gasteiger partial charge in [0.1, 0.15) is 11.5 Å². The van der Waals surface area contributed by atoms with Crippen molar-refractivity contribution < 1.29 is 22.0 Å². The number of H-pyrrole nitrogens is 1. The summed E-state index contributed by atoms with van der Waals surface area (Å²) in [5, 5.41) is 0.381. The normalized spacial score (nSPS) is 11.6. The van der Waals surface area contributed by atoms with Crippen molar-refractivity contribution in [1.29, 1.82) is 0 Å². The number of anilines is 1. The minimum Gasteiger partial charge on any atom is -0.345 e. The average molecular weight is 419 g/mol. The van der Waals surface area contributed by atoms with Crippen molar-refractivity contribution in [3.05, 3.63) is 65.5 Å². The molecule has 2 aromatic heterocycles. The molecule has 0 spiro atoms. The number of nitrogens with one attached hydrogen (secondary N) is 2. The highest BCUT2D eigenvalue weighted by molar-refractivity contribution is 7.92. The summed E-state index contributed by atoms with van der Waals surface area (Å²) in [6, 6.07) is 3.45. The Morgan fingerprint density at radius 2 is 2.03 bits per heavy atom. The Balaban J connectivity index is 2.10. The Bertz CT molecular complexity index is 1230. The van der Waals surface area contributed by atoms with Crippen LogP contribution < -0.4 is 4.72 Å². The smallest absolute Gasteiger partial charge is 0.232 e. The molecule has 3 rings (SSSR count). The SMILES string of the molecule is C=C(C)c1cnc2[nH]cc(C(=O)c3c(F)ccc(NS(=O)(=O)CCC)c3F)c2c1. The molecule has 29 heavy (non-hydrogen) atoms.